The molecule has 0 amide bonds. The molecule has 2 aromatic carbocycles. The highest BCUT2D eigenvalue weighted by molar-refractivity contribution is 5.80. The van der Waals surface area contributed by atoms with E-state index in [2.05, 4.69) is 15.2 Å². The van der Waals surface area contributed by atoms with Crippen molar-refractivity contribution in [2.24, 2.45) is 0 Å². The van der Waals surface area contributed by atoms with E-state index in [1.54, 1.807) is 7.11 Å². The summed E-state index contributed by atoms with van der Waals surface area (Å²) in [6.45, 7) is 0. The first-order chi connectivity index (χ1) is 11.3. The molecule has 0 N–H and O–H groups in total. The molecule has 23 heavy (non-hydrogen) atoms. The van der Waals surface area contributed by atoms with Crippen LogP contribution in [0.4, 0.5) is 0 Å². The lowest BCUT2D eigenvalue weighted by atomic mass is 10.2. The first-order valence-electron chi connectivity index (χ1n) is 7.17. The van der Waals surface area contributed by atoms with Crippen molar-refractivity contribution in [3.05, 3.63) is 60.7 Å². The topological polar surface area (TPSA) is 61.0 Å². The van der Waals surface area contributed by atoms with Crippen molar-refractivity contribution in [1.82, 2.24) is 15.2 Å². The van der Waals surface area contributed by atoms with Crippen LogP contribution in [0.2, 0.25) is 0 Å². The monoisotopic (exact) mass is 303 g/mol. The summed E-state index contributed by atoms with van der Waals surface area (Å²) < 4.78 is 10.9. The lowest BCUT2D eigenvalue weighted by molar-refractivity contribution is 0.415. The van der Waals surface area contributed by atoms with Gasteiger partial charge in [0.1, 0.15) is 11.4 Å². The molecule has 0 saturated carbocycles. The molecule has 0 aliphatic carbocycles. The van der Waals surface area contributed by atoms with Crippen molar-refractivity contribution < 1.29 is 9.15 Å². The van der Waals surface area contributed by atoms with Crippen molar-refractivity contribution >= 4 is 10.9 Å². The number of pyridine rings is 1. The van der Waals surface area contributed by atoms with Crippen molar-refractivity contribution in [2.75, 3.05) is 7.11 Å². The summed E-state index contributed by atoms with van der Waals surface area (Å²) >= 11 is 0. The van der Waals surface area contributed by atoms with E-state index in [0.717, 1.165) is 22.2 Å². The molecule has 0 aliphatic heterocycles. The summed E-state index contributed by atoms with van der Waals surface area (Å²) in [5, 5.41) is 9.28. The Morgan fingerprint density at radius 1 is 0.826 bits per heavy atom. The molecule has 0 atom stereocenters. The number of fused-ring (bicyclic) bond motifs is 1. The zero-order valence-corrected chi connectivity index (χ0v) is 12.4. The first-order valence-corrected chi connectivity index (χ1v) is 7.17. The molecular formula is C18H13N3O2. The van der Waals surface area contributed by atoms with Gasteiger partial charge in [0.05, 0.1) is 12.6 Å². The van der Waals surface area contributed by atoms with Crippen molar-refractivity contribution in [1.29, 1.82) is 0 Å². The molecule has 0 bridgehead atoms. The van der Waals surface area contributed by atoms with Gasteiger partial charge in [0.25, 0.3) is 5.89 Å². The number of rotatable bonds is 3. The minimum absolute atomic E-state index is 0.404. The fraction of sp³-hybridized carbons (Fsp3) is 0.0556. The van der Waals surface area contributed by atoms with Crippen LogP contribution in [0, 0.1) is 0 Å². The lowest BCUT2D eigenvalue weighted by Crippen LogP contribution is -1.84. The second kappa shape index (κ2) is 5.53. The van der Waals surface area contributed by atoms with Crippen LogP contribution in [0.5, 0.6) is 5.75 Å². The Hall–Kier alpha value is -3.21. The number of nitrogens with zero attached hydrogens (tertiary/aromatic N) is 3. The van der Waals surface area contributed by atoms with E-state index >= 15 is 0 Å². The normalized spacial score (nSPS) is 10.8. The zero-order chi connectivity index (χ0) is 15.6. The van der Waals surface area contributed by atoms with E-state index in [0.29, 0.717) is 17.5 Å². The number of para-hydroxylation sites is 1. The predicted octanol–water partition coefficient (Wildman–Crippen LogP) is 3.96. The average molecular weight is 303 g/mol. The van der Waals surface area contributed by atoms with Gasteiger partial charge in [0.2, 0.25) is 5.89 Å². The van der Waals surface area contributed by atoms with Crippen LogP contribution < -0.4 is 4.74 Å². The van der Waals surface area contributed by atoms with Gasteiger partial charge >= 0.3 is 0 Å². The number of methoxy groups -OCH3 is 1. The highest BCUT2D eigenvalue weighted by Crippen LogP contribution is 2.25. The molecule has 0 unspecified atom stereocenters. The van der Waals surface area contributed by atoms with Crippen LogP contribution in [0.25, 0.3) is 33.9 Å². The van der Waals surface area contributed by atoms with Crippen LogP contribution >= 0.6 is 0 Å². The molecule has 4 rings (SSSR count). The Morgan fingerprint density at radius 2 is 1.61 bits per heavy atom. The third-order valence-electron chi connectivity index (χ3n) is 3.58. The minimum atomic E-state index is 0.404. The van der Waals surface area contributed by atoms with E-state index in [1.807, 2.05) is 60.7 Å². The molecule has 112 valence electrons. The summed E-state index contributed by atoms with van der Waals surface area (Å²) in [6, 6.07) is 19.3. The Kier molecular flexibility index (Phi) is 3.24. The number of benzene rings is 2. The lowest BCUT2D eigenvalue weighted by Gasteiger charge is -2.00. The van der Waals surface area contributed by atoms with Gasteiger partial charge in [-0.25, -0.2) is 4.98 Å². The van der Waals surface area contributed by atoms with Gasteiger partial charge in [-0.05, 0) is 36.4 Å². The molecule has 4 aromatic rings. The maximum atomic E-state index is 5.75. The zero-order valence-electron chi connectivity index (χ0n) is 12.4. The third-order valence-corrected chi connectivity index (χ3v) is 3.58. The highest BCUT2D eigenvalue weighted by Gasteiger charge is 2.12. The van der Waals surface area contributed by atoms with E-state index < -0.39 is 0 Å². The van der Waals surface area contributed by atoms with E-state index in [4.69, 9.17) is 9.15 Å². The molecule has 0 radical (unpaired) electrons. The Labute approximate surface area is 132 Å². The Morgan fingerprint density at radius 3 is 2.43 bits per heavy atom. The maximum Gasteiger partial charge on any atom is 0.266 e. The van der Waals surface area contributed by atoms with Gasteiger partial charge in [-0.1, -0.05) is 24.3 Å². The molecule has 0 aliphatic rings. The van der Waals surface area contributed by atoms with E-state index in [9.17, 15) is 0 Å². The van der Waals surface area contributed by atoms with E-state index in [-0.39, 0.29) is 0 Å². The summed E-state index contributed by atoms with van der Waals surface area (Å²) in [5.74, 6) is 1.64. The molecule has 5 heteroatoms. The molecular weight excluding hydrogens is 290 g/mol. The van der Waals surface area contributed by atoms with Gasteiger partial charge in [0.15, 0.2) is 0 Å². The maximum absolute atomic E-state index is 5.75. The largest absolute Gasteiger partial charge is 0.497 e. The predicted molar refractivity (Wildman–Crippen MR) is 87.0 cm³/mol. The van der Waals surface area contributed by atoms with Crippen molar-refractivity contribution in [3.8, 4) is 28.8 Å². The van der Waals surface area contributed by atoms with Gasteiger partial charge in [-0.3, -0.25) is 0 Å². The molecule has 5 nitrogen and oxygen atoms in total. The first kappa shape index (κ1) is 13.5. The quantitative estimate of drug-likeness (QED) is 0.573. The van der Waals surface area contributed by atoms with Crippen LogP contribution in [-0.2, 0) is 0 Å². The molecule has 2 heterocycles. The molecule has 0 spiro atoms. The Bertz CT molecular complexity index is 961. The van der Waals surface area contributed by atoms with Gasteiger partial charge in [-0.15, -0.1) is 10.2 Å². The fourth-order valence-electron chi connectivity index (χ4n) is 2.36. The number of ether oxygens (including phenoxy) is 1. The number of hydrogen-bond acceptors (Lipinski definition) is 5. The van der Waals surface area contributed by atoms with Gasteiger partial charge in [0, 0.05) is 10.9 Å². The number of aromatic nitrogens is 3. The molecule has 0 fully saturated rings. The summed E-state index contributed by atoms with van der Waals surface area (Å²) in [6.07, 6.45) is 0. The van der Waals surface area contributed by atoms with Crippen LogP contribution in [0.3, 0.4) is 0 Å². The molecule has 0 saturated heterocycles. The SMILES string of the molecule is COc1ccc(-c2nnc(-c3ccc4ccccc4n3)o2)cc1. The number of hydrogen-bond donors (Lipinski definition) is 0. The van der Waals surface area contributed by atoms with E-state index in [1.165, 1.54) is 0 Å². The smallest absolute Gasteiger partial charge is 0.266 e. The summed E-state index contributed by atoms with van der Waals surface area (Å²) in [5.41, 5.74) is 2.40. The standard InChI is InChI=1S/C18H13N3O2/c1-22-14-9-6-13(7-10-14)17-20-21-18(23-17)16-11-8-12-4-2-3-5-15(12)19-16/h2-11H,1H3. The minimum Gasteiger partial charge on any atom is -0.497 e. The summed E-state index contributed by atoms with van der Waals surface area (Å²) in [4.78, 5) is 4.56. The van der Waals surface area contributed by atoms with Gasteiger partial charge < -0.3 is 9.15 Å². The fourth-order valence-corrected chi connectivity index (χ4v) is 2.36. The second-order valence-electron chi connectivity index (χ2n) is 5.03. The highest BCUT2D eigenvalue weighted by atomic mass is 16.5. The van der Waals surface area contributed by atoms with Crippen LogP contribution in [-0.4, -0.2) is 22.3 Å². The van der Waals surface area contributed by atoms with Gasteiger partial charge in [-0.2, -0.15) is 0 Å². The van der Waals surface area contributed by atoms with Crippen molar-refractivity contribution in [3.63, 3.8) is 0 Å². The third kappa shape index (κ3) is 2.53. The van der Waals surface area contributed by atoms with Crippen LogP contribution in [0.1, 0.15) is 0 Å². The summed E-state index contributed by atoms with van der Waals surface area (Å²) in [7, 11) is 1.63. The molecule has 2 aromatic heterocycles. The Balaban J connectivity index is 1.70. The second-order valence-corrected chi connectivity index (χ2v) is 5.03. The van der Waals surface area contributed by atoms with Crippen molar-refractivity contribution in [2.45, 2.75) is 0 Å². The average Bonchev–Trinajstić information content (AvgIpc) is 3.11. The van der Waals surface area contributed by atoms with Crippen LogP contribution in [0.15, 0.2) is 65.1 Å².